The van der Waals surface area contributed by atoms with E-state index in [2.05, 4.69) is 20.9 Å². The van der Waals surface area contributed by atoms with Crippen LogP contribution in [0, 0.1) is 0 Å². The van der Waals surface area contributed by atoms with Crippen LogP contribution >= 0.6 is 0 Å². The number of likely N-dealkylation sites (tertiary alicyclic amines) is 1. The summed E-state index contributed by atoms with van der Waals surface area (Å²) in [5, 5.41) is 0. The third-order valence-corrected chi connectivity index (χ3v) is 5.45. The molecule has 0 radical (unpaired) electrons. The standard InChI is InChI=1S/C18H28FN3O2/c1-21(11-7-19)16-12-18(24-14-16)5-9-22(10-6-18)13-15-4-3-8-20-17(15)23-2/h3-4,8,16H,5-7,9-14H2,1-2H3. The molecule has 2 aliphatic heterocycles. The van der Waals surface area contributed by atoms with Crippen LogP contribution in [-0.4, -0.2) is 73.5 Å². The maximum Gasteiger partial charge on any atom is 0.217 e. The number of pyridine rings is 1. The maximum atomic E-state index is 12.5. The molecule has 6 heteroatoms. The summed E-state index contributed by atoms with van der Waals surface area (Å²) in [5.74, 6) is 0.711. The van der Waals surface area contributed by atoms with Crippen molar-refractivity contribution in [3.8, 4) is 5.88 Å². The Hall–Kier alpha value is -1.24. The summed E-state index contributed by atoms with van der Waals surface area (Å²) in [7, 11) is 3.66. The Balaban J connectivity index is 1.53. The minimum atomic E-state index is -0.291. The molecule has 3 heterocycles. The number of alkyl halides is 1. The Morgan fingerprint density at radius 3 is 2.96 bits per heavy atom. The molecule has 0 N–H and O–H groups in total. The van der Waals surface area contributed by atoms with Gasteiger partial charge in [-0.2, -0.15) is 0 Å². The highest BCUT2D eigenvalue weighted by atomic mass is 19.1. The van der Waals surface area contributed by atoms with Crippen molar-refractivity contribution in [3.05, 3.63) is 23.9 Å². The van der Waals surface area contributed by atoms with Crippen molar-refractivity contribution in [3.63, 3.8) is 0 Å². The number of aromatic nitrogens is 1. The minimum absolute atomic E-state index is 0.00916. The molecule has 2 fully saturated rings. The molecular formula is C18H28FN3O2. The fourth-order valence-electron chi connectivity index (χ4n) is 3.86. The number of piperidine rings is 1. The average molecular weight is 337 g/mol. The molecule has 5 nitrogen and oxygen atoms in total. The zero-order chi connectivity index (χ0) is 17.0. The topological polar surface area (TPSA) is 37.8 Å². The maximum absolute atomic E-state index is 12.5. The van der Waals surface area contributed by atoms with Gasteiger partial charge in [0.1, 0.15) is 6.67 Å². The SMILES string of the molecule is COc1ncccc1CN1CCC2(CC1)CC(N(C)CCF)CO2. The van der Waals surface area contributed by atoms with Crippen LogP contribution in [0.3, 0.4) is 0 Å². The number of ether oxygens (including phenoxy) is 2. The van der Waals surface area contributed by atoms with Crippen molar-refractivity contribution in [2.75, 3.05) is 47.1 Å². The van der Waals surface area contributed by atoms with Crippen molar-refractivity contribution in [2.24, 2.45) is 0 Å². The van der Waals surface area contributed by atoms with Crippen molar-refractivity contribution in [1.82, 2.24) is 14.8 Å². The average Bonchev–Trinajstić information content (AvgIpc) is 3.02. The first kappa shape index (κ1) is 17.6. The lowest BCUT2D eigenvalue weighted by Gasteiger charge is -2.39. The fraction of sp³-hybridized carbons (Fsp3) is 0.722. The van der Waals surface area contributed by atoms with Gasteiger partial charge in [0.2, 0.25) is 5.88 Å². The first-order chi connectivity index (χ1) is 11.7. The second-order valence-electron chi connectivity index (χ2n) is 6.97. The largest absolute Gasteiger partial charge is 0.481 e. The highest BCUT2D eigenvalue weighted by molar-refractivity contribution is 5.25. The third-order valence-electron chi connectivity index (χ3n) is 5.45. The lowest BCUT2D eigenvalue weighted by atomic mass is 9.87. The van der Waals surface area contributed by atoms with E-state index in [0.717, 1.165) is 51.1 Å². The summed E-state index contributed by atoms with van der Waals surface area (Å²) >= 11 is 0. The van der Waals surface area contributed by atoms with Crippen LogP contribution < -0.4 is 4.74 Å². The first-order valence-corrected chi connectivity index (χ1v) is 8.76. The molecule has 2 aliphatic rings. The molecule has 1 aromatic heterocycles. The van der Waals surface area contributed by atoms with Crippen LogP contribution in [0.15, 0.2) is 18.3 Å². The van der Waals surface area contributed by atoms with Gasteiger partial charge in [0.15, 0.2) is 0 Å². The van der Waals surface area contributed by atoms with Gasteiger partial charge in [0.05, 0.1) is 19.3 Å². The normalized spacial score (nSPS) is 23.9. The highest BCUT2D eigenvalue weighted by Crippen LogP contribution is 2.37. The van der Waals surface area contributed by atoms with Crippen LogP contribution in [0.25, 0.3) is 0 Å². The Kier molecular flexibility index (Phi) is 5.69. The van der Waals surface area contributed by atoms with Crippen LogP contribution in [0.4, 0.5) is 4.39 Å². The number of hydrogen-bond donors (Lipinski definition) is 0. The zero-order valence-corrected chi connectivity index (χ0v) is 14.7. The van der Waals surface area contributed by atoms with Crippen LogP contribution in [0.5, 0.6) is 5.88 Å². The first-order valence-electron chi connectivity index (χ1n) is 8.76. The monoisotopic (exact) mass is 337 g/mol. The van der Waals surface area contributed by atoms with Crippen molar-refractivity contribution in [1.29, 1.82) is 0 Å². The highest BCUT2D eigenvalue weighted by Gasteiger charge is 2.43. The number of nitrogens with zero attached hydrogens (tertiary/aromatic N) is 3. The predicted molar refractivity (Wildman–Crippen MR) is 91.0 cm³/mol. The molecule has 0 bridgehead atoms. The van der Waals surface area contributed by atoms with Crippen molar-refractivity contribution >= 4 is 0 Å². The van der Waals surface area contributed by atoms with Gasteiger partial charge in [-0.25, -0.2) is 9.37 Å². The van der Waals surface area contributed by atoms with Gasteiger partial charge < -0.3 is 9.47 Å². The lowest BCUT2D eigenvalue weighted by Crippen LogP contribution is -2.44. The minimum Gasteiger partial charge on any atom is -0.481 e. The number of methoxy groups -OCH3 is 1. The van der Waals surface area contributed by atoms with E-state index in [9.17, 15) is 4.39 Å². The van der Waals surface area contributed by atoms with Crippen molar-refractivity contribution < 1.29 is 13.9 Å². The van der Waals surface area contributed by atoms with Crippen LogP contribution in [0.2, 0.25) is 0 Å². The fourth-order valence-corrected chi connectivity index (χ4v) is 3.86. The van der Waals surface area contributed by atoms with E-state index in [1.165, 1.54) is 0 Å². The van der Waals surface area contributed by atoms with Gasteiger partial charge in [0.25, 0.3) is 0 Å². The molecule has 1 unspecified atom stereocenters. The third kappa shape index (κ3) is 3.87. The van der Waals surface area contributed by atoms with Gasteiger partial charge in [-0.15, -0.1) is 0 Å². The summed E-state index contributed by atoms with van der Waals surface area (Å²) in [5.41, 5.74) is 1.12. The predicted octanol–water partition coefficient (Wildman–Crippen LogP) is 2.11. The smallest absolute Gasteiger partial charge is 0.217 e. The molecule has 134 valence electrons. The van der Waals surface area contributed by atoms with Gasteiger partial charge in [-0.1, -0.05) is 6.07 Å². The van der Waals surface area contributed by atoms with Gasteiger partial charge in [0, 0.05) is 44.0 Å². The molecule has 0 aliphatic carbocycles. The van der Waals surface area contributed by atoms with E-state index in [4.69, 9.17) is 9.47 Å². The van der Waals surface area contributed by atoms with E-state index in [0.29, 0.717) is 18.5 Å². The van der Waals surface area contributed by atoms with E-state index in [1.54, 1.807) is 13.3 Å². The molecule has 0 aromatic carbocycles. The summed E-state index contributed by atoms with van der Waals surface area (Å²) in [6.45, 7) is 3.82. The lowest BCUT2D eigenvalue weighted by molar-refractivity contribution is -0.0453. The molecule has 3 rings (SSSR count). The van der Waals surface area contributed by atoms with Gasteiger partial charge in [-0.3, -0.25) is 9.80 Å². The van der Waals surface area contributed by atoms with Gasteiger partial charge >= 0.3 is 0 Å². The van der Waals surface area contributed by atoms with E-state index >= 15 is 0 Å². The second kappa shape index (κ2) is 7.76. The number of halogens is 1. The zero-order valence-electron chi connectivity index (χ0n) is 14.7. The summed E-state index contributed by atoms with van der Waals surface area (Å²) < 4.78 is 24.1. The van der Waals surface area contributed by atoms with E-state index in [1.807, 2.05) is 13.1 Å². The van der Waals surface area contributed by atoms with E-state index < -0.39 is 0 Å². The molecule has 1 aromatic rings. The summed E-state index contributed by atoms with van der Waals surface area (Å²) in [4.78, 5) is 8.81. The summed E-state index contributed by atoms with van der Waals surface area (Å²) in [6, 6.07) is 4.38. The van der Waals surface area contributed by atoms with Crippen molar-refractivity contribution in [2.45, 2.75) is 37.5 Å². The molecule has 24 heavy (non-hydrogen) atoms. The number of rotatable bonds is 6. The Morgan fingerprint density at radius 1 is 1.46 bits per heavy atom. The molecule has 2 saturated heterocycles. The summed E-state index contributed by atoms with van der Waals surface area (Å²) in [6.07, 6.45) is 4.85. The van der Waals surface area contributed by atoms with Gasteiger partial charge in [-0.05, 0) is 32.4 Å². The molecule has 1 spiro atoms. The molecule has 0 amide bonds. The van der Waals surface area contributed by atoms with Crippen LogP contribution in [-0.2, 0) is 11.3 Å². The molecule has 0 saturated carbocycles. The Labute approximate surface area is 143 Å². The Bertz CT molecular complexity index is 535. The second-order valence-corrected chi connectivity index (χ2v) is 6.97. The number of hydrogen-bond acceptors (Lipinski definition) is 5. The number of likely N-dealkylation sites (N-methyl/N-ethyl adjacent to an activating group) is 1. The molecule has 1 atom stereocenters. The molecular weight excluding hydrogens is 309 g/mol. The Morgan fingerprint density at radius 2 is 2.25 bits per heavy atom. The van der Waals surface area contributed by atoms with Crippen LogP contribution in [0.1, 0.15) is 24.8 Å². The quantitative estimate of drug-likeness (QED) is 0.795. The van der Waals surface area contributed by atoms with E-state index in [-0.39, 0.29) is 12.3 Å².